The molecule has 3 nitrogen and oxygen atoms in total. The van der Waals surface area contributed by atoms with Gasteiger partial charge in [-0.15, -0.1) is 0 Å². The molecule has 3 heterocycles. The summed E-state index contributed by atoms with van der Waals surface area (Å²) in [5.74, 6) is 0. The predicted molar refractivity (Wildman–Crippen MR) is 215 cm³/mol. The van der Waals surface area contributed by atoms with Crippen LogP contribution in [0, 0.1) is 0 Å². The second kappa shape index (κ2) is 10.8. The van der Waals surface area contributed by atoms with Gasteiger partial charge in [-0.05, 0) is 72.3 Å². The van der Waals surface area contributed by atoms with Gasteiger partial charge in [-0.1, -0.05) is 121 Å². The Morgan fingerprint density at radius 2 is 0.686 bits per heavy atom. The number of nitrogens with zero attached hydrogens (tertiary/aromatic N) is 3. The second-order valence-corrected chi connectivity index (χ2v) is 13.4. The van der Waals surface area contributed by atoms with Crippen LogP contribution in [0.3, 0.4) is 0 Å². The molecule has 11 rings (SSSR count). The minimum atomic E-state index is 1.14. The number of para-hydroxylation sites is 6. The largest absolute Gasteiger partial charge is 0.309 e. The SMILES string of the molecule is c1ccc(-n2c3ccccc3c3cc4c5ccccc5n(-c5ccc(-c6cccc7c8ccccc8n(-c8ccccc8)c67)cc5)c4cc32)cc1. The lowest BCUT2D eigenvalue weighted by Crippen LogP contribution is -1.96. The summed E-state index contributed by atoms with van der Waals surface area (Å²) in [6.45, 7) is 0. The highest BCUT2D eigenvalue weighted by atomic mass is 15.0. The minimum Gasteiger partial charge on any atom is -0.309 e. The van der Waals surface area contributed by atoms with Crippen LogP contribution < -0.4 is 0 Å². The van der Waals surface area contributed by atoms with Gasteiger partial charge in [0.1, 0.15) is 0 Å². The van der Waals surface area contributed by atoms with Gasteiger partial charge in [0.05, 0.1) is 33.1 Å². The van der Waals surface area contributed by atoms with Crippen molar-refractivity contribution in [1.82, 2.24) is 13.7 Å². The summed E-state index contributed by atoms with van der Waals surface area (Å²) in [5, 5.41) is 7.57. The summed E-state index contributed by atoms with van der Waals surface area (Å²) in [7, 11) is 0. The lowest BCUT2D eigenvalue weighted by Gasteiger charge is -2.13. The van der Waals surface area contributed by atoms with Gasteiger partial charge in [0.15, 0.2) is 0 Å². The zero-order valence-electron chi connectivity index (χ0n) is 27.7. The molecule has 238 valence electrons. The molecule has 0 radical (unpaired) electrons. The minimum absolute atomic E-state index is 1.14. The van der Waals surface area contributed by atoms with Crippen LogP contribution in [0.4, 0.5) is 0 Å². The maximum atomic E-state index is 2.43. The third kappa shape index (κ3) is 4.06. The Bertz CT molecular complexity index is 3110. The Morgan fingerprint density at radius 3 is 1.25 bits per heavy atom. The first-order valence-electron chi connectivity index (χ1n) is 17.5. The van der Waals surface area contributed by atoms with Crippen LogP contribution in [-0.4, -0.2) is 13.7 Å². The van der Waals surface area contributed by atoms with Gasteiger partial charge in [-0.2, -0.15) is 0 Å². The van der Waals surface area contributed by atoms with Gasteiger partial charge in [-0.3, -0.25) is 0 Å². The summed E-state index contributed by atoms with van der Waals surface area (Å²) in [5.41, 5.74) is 13.1. The summed E-state index contributed by atoms with van der Waals surface area (Å²) < 4.78 is 7.25. The fourth-order valence-corrected chi connectivity index (χ4v) is 8.45. The van der Waals surface area contributed by atoms with E-state index in [1.165, 1.54) is 76.5 Å². The molecule has 11 aromatic rings. The molecule has 3 aromatic heterocycles. The Labute approximate surface area is 294 Å². The topological polar surface area (TPSA) is 14.8 Å². The van der Waals surface area contributed by atoms with E-state index in [-0.39, 0.29) is 0 Å². The molecule has 0 saturated carbocycles. The molecular weight excluding hydrogens is 619 g/mol. The number of fused-ring (bicyclic) bond motifs is 9. The van der Waals surface area contributed by atoms with Crippen LogP contribution in [0.5, 0.6) is 0 Å². The predicted octanol–water partition coefficient (Wildman–Crippen LogP) is 12.6. The molecule has 51 heavy (non-hydrogen) atoms. The van der Waals surface area contributed by atoms with E-state index < -0.39 is 0 Å². The van der Waals surface area contributed by atoms with Crippen molar-refractivity contribution in [3.05, 3.63) is 188 Å². The zero-order chi connectivity index (χ0) is 33.5. The Hall–Kier alpha value is -6.84. The van der Waals surface area contributed by atoms with Crippen molar-refractivity contribution in [3.8, 4) is 28.2 Å². The van der Waals surface area contributed by atoms with Crippen LogP contribution in [0.15, 0.2) is 188 Å². The van der Waals surface area contributed by atoms with Crippen LogP contribution in [0.2, 0.25) is 0 Å². The molecule has 0 amide bonds. The van der Waals surface area contributed by atoms with E-state index in [1.54, 1.807) is 0 Å². The van der Waals surface area contributed by atoms with Gasteiger partial charge in [0, 0.05) is 54.9 Å². The standard InChI is InChI=1S/C48H31N3/c1-3-14-33(15-4-1)49-43-23-10-8-19-38(43)41-30-42-39-20-9-11-24-44(39)50(47(42)31-46(41)49)35-28-26-32(27-29-35)36-21-13-22-40-37-18-7-12-25-45(37)51(48(36)40)34-16-5-2-6-17-34/h1-31H. The van der Waals surface area contributed by atoms with E-state index in [0.717, 1.165) is 17.1 Å². The van der Waals surface area contributed by atoms with Crippen LogP contribution >= 0.6 is 0 Å². The third-order valence-electron chi connectivity index (χ3n) is 10.6. The first-order valence-corrected chi connectivity index (χ1v) is 17.5. The number of rotatable bonds is 4. The van der Waals surface area contributed by atoms with E-state index >= 15 is 0 Å². The summed E-state index contributed by atoms with van der Waals surface area (Å²) in [6, 6.07) is 68.4. The molecule has 0 aliphatic rings. The fourth-order valence-electron chi connectivity index (χ4n) is 8.45. The van der Waals surface area contributed by atoms with Crippen molar-refractivity contribution in [3.63, 3.8) is 0 Å². The third-order valence-corrected chi connectivity index (χ3v) is 10.6. The smallest absolute Gasteiger partial charge is 0.0619 e. The summed E-state index contributed by atoms with van der Waals surface area (Å²) in [4.78, 5) is 0. The average molecular weight is 650 g/mol. The van der Waals surface area contributed by atoms with Crippen molar-refractivity contribution in [2.24, 2.45) is 0 Å². The molecule has 0 fully saturated rings. The lowest BCUT2D eigenvalue weighted by molar-refractivity contribution is 1.16. The van der Waals surface area contributed by atoms with E-state index in [1.807, 2.05) is 0 Å². The maximum Gasteiger partial charge on any atom is 0.0619 e. The van der Waals surface area contributed by atoms with Gasteiger partial charge in [0.2, 0.25) is 0 Å². The van der Waals surface area contributed by atoms with Crippen LogP contribution in [-0.2, 0) is 0 Å². The molecule has 0 aliphatic carbocycles. The van der Waals surface area contributed by atoms with E-state index in [9.17, 15) is 0 Å². The maximum absolute atomic E-state index is 2.43. The van der Waals surface area contributed by atoms with E-state index in [4.69, 9.17) is 0 Å². The molecule has 0 bridgehead atoms. The molecule has 0 saturated heterocycles. The Kier molecular flexibility index (Phi) is 5.96. The van der Waals surface area contributed by atoms with Gasteiger partial charge < -0.3 is 13.7 Å². The molecule has 0 unspecified atom stereocenters. The van der Waals surface area contributed by atoms with Crippen molar-refractivity contribution < 1.29 is 0 Å². The van der Waals surface area contributed by atoms with Crippen molar-refractivity contribution >= 4 is 65.4 Å². The summed E-state index contributed by atoms with van der Waals surface area (Å²) >= 11 is 0. The van der Waals surface area contributed by atoms with Gasteiger partial charge in [-0.25, -0.2) is 0 Å². The number of hydrogen-bond acceptors (Lipinski definition) is 0. The molecule has 0 aliphatic heterocycles. The van der Waals surface area contributed by atoms with Crippen molar-refractivity contribution in [2.45, 2.75) is 0 Å². The number of aromatic nitrogens is 3. The monoisotopic (exact) mass is 649 g/mol. The molecule has 0 spiro atoms. The number of benzene rings is 8. The van der Waals surface area contributed by atoms with E-state index in [2.05, 4.69) is 202 Å². The highest BCUT2D eigenvalue weighted by Crippen LogP contribution is 2.41. The number of hydrogen-bond donors (Lipinski definition) is 0. The quantitative estimate of drug-likeness (QED) is 0.180. The summed E-state index contributed by atoms with van der Waals surface area (Å²) in [6.07, 6.45) is 0. The van der Waals surface area contributed by atoms with Crippen LogP contribution in [0.1, 0.15) is 0 Å². The molecule has 0 atom stereocenters. The van der Waals surface area contributed by atoms with E-state index in [0.29, 0.717) is 0 Å². The Balaban J connectivity index is 1.15. The fraction of sp³-hybridized carbons (Fsp3) is 0. The first-order chi connectivity index (χ1) is 25.3. The lowest BCUT2D eigenvalue weighted by atomic mass is 10.0. The zero-order valence-corrected chi connectivity index (χ0v) is 27.7. The average Bonchev–Trinajstić information content (AvgIpc) is 3.83. The highest BCUT2D eigenvalue weighted by molar-refractivity contribution is 6.19. The van der Waals surface area contributed by atoms with Gasteiger partial charge >= 0.3 is 0 Å². The molecule has 8 aromatic carbocycles. The normalized spacial score (nSPS) is 11.9. The van der Waals surface area contributed by atoms with Gasteiger partial charge in [0.25, 0.3) is 0 Å². The highest BCUT2D eigenvalue weighted by Gasteiger charge is 2.19. The molecular formula is C48H31N3. The van der Waals surface area contributed by atoms with Crippen molar-refractivity contribution in [2.75, 3.05) is 0 Å². The van der Waals surface area contributed by atoms with Crippen LogP contribution in [0.25, 0.3) is 93.6 Å². The second-order valence-electron chi connectivity index (χ2n) is 13.4. The Morgan fingerprint density at radius 1 is 0.255 bits per heavy atom. The first kappa shape index (κ1) is 28.0. The van der Waals surface area contributed by atoms with Crippen molar-refractivity contribution in [1.29, 1.82) is 0 Å². The molecule has 0 N–H and O–H groups in total. The molecule has 3 heteroatoms.